The molecular formula is C27H28P2. The van der Waals surface area contributed by atoms with E-state index in [-0.39, 0.29) is 0 Å². The number of fused-ring (bicyclic) bond motifs is 2. The van der Waals surface area contributed by atoms with E-state index in [0.29, 0.717) is 5.66 Å². The zero-order valence-corrected chi connectivity index (χ0v) is 19.0. The third-order valence-electron chi connectivity index (χ3n) is 6.59. The van der Waals surface area contributed by atoms with Crippen LogP contribution in [0.25, 0.3) is 21.5 Å². The number of benzene rings is 4. The van der Waals surface area contributed by atoms with Gasteiger partial charge < -0.3 is 0 Å². The molecule has 0 nitrogen and oxygen atoms in total. The highest BCUT2D eigenvalue weighted by Crippen LogP contribution is 2.53. The minimum absolute atomic E-state index is 0.437. The number of hydrogen-bond donors (Lipinski definition) is 0. The van der Waals surface area contributed by atoms with Crippen molar-refractivity contribution < 1.29 is 0 Å². The SMILES string of the molecule is C[C@H](P)[C@@H]1CCC[C@@H]1P(c1cccc2ccccc12)c1cccc2ccccc12. The Hall–Kier alpha value is -1.74. The maximum atomic E-state index is 3.11. The van der Waals surface area contributed by atoms with Crippen LogP contribution in [0.5, 0.6) is 0 Å². The van der Waals surface area contributed by atoms with E-state index in [1.54, 1.807) is 10.6 Å². The van der Waals surface area contributed by atoms with Crippen LogP contribution in [0.15, 0.2) is 84.9 Å². The van der Waals surface area contributed by atoms with Crippen LogP contribution in [0.4, 0.5) is 0 Å². The topological polar surface area (TPSA) is 0 Å². The normalized spacial score (nSPS) is 20.5. The van der Waals surface area contributed by atoms with Crippen LogP contribution in [-0.4, -0.2) is 11.3 Å². The Labute approximate surface area is 177 Å². The van der Waals surface area contributed by atoms with Gasteiger partial charge >= 0.3 is 0 Å². The predicted molar refractivity (Wildman–Crippen MR) is 134 cm³/mol. The van der Waals surface area contributed by atoms with Crippen molar-refractivity contribution in [3.63, 3.8) is 0 Å². The Morgan fingerprint density at radius 2 is 1.24 bits per heavy atom. The van der Waals surface area contributed by atoms with E-state index in [2.05, 4.69) is 101 Å². The van der Waals surface area contributed by atoms with Crippen LogP contribution >= 0.6 is 17.2 Å². The molecule has 0 spiro atoms. The van der Waals surface area contributed by atoms with Crippen molar-refractivity contribution in [1.29, 1.82) is 0 Å². The molecule has 2 heteroatoms. The molecule has 4 atom stereocenters. The molecule has 1 saturated carbocycles. The van der Waals surface area contributed by atoms with Crippen molar-refractivity contribution in [2.45, 2.75) is 37.5 Å². The number of rotatable bonds is 4. The Morgan fingerprint density at radius 1 is 0.724 bits per heavy atom. The molecule has 29 heavy (non-hydrogen) atoms. The molecule has 0 aliphatic heterocycles. The summed E-state index contributed by atoms with van der Waals surface area (Å²) in [5, 5.41) is 8.75. The predicted octanol–water partition coefficient (Wildman–Crippen LogP) is 6.86. The van der Waals surface area contributed by atoms with Crippen molar-refractivity contribution in [2.75, 3.05) is 0 Å². The summed E-state index contributed by atoms with van der Waals surface area (Å²) in [6, 6.07) is 31.8. The molecule has 0 amide bonds. The second kappa shape index (κ2) is 8.18. The lowest BCUT2D eigenvalue weighted by molar-refractivity contribution is 0.552. The molecule has 5 rings (SSSR count). The summed E-state index contributed by atoms with van der Waals surface area (Å²) in [4.78, 5) is 0. The quantitative estimate of drug-likeness (QED) is 0.320. The molecule has 0 radical (unpaired) electrons. The molecular weight excluding hydrogens is 386 g/mol. The maximum absolute atomic E-state index is 3.11. The van der Waals surface area contributed by atoms with Crippen molar-refractivity contribution in [3.8, 4) is 0 Å². The molecule has 0 heterocycles. The molecule has 4 aromatic carbocycles. The lowest BCUT2D eigenvalue weighted by Gasteiger charge is -2.33. The van der Waals surface area contributed by atoms with Crippen molar-refractivity contribution in [1.82, 2.24) is 0 Å². The fraction of sp³-hybridized carbons (Fsp3) is 0.259. The van der Waals surface area contributed by atoms with Gasteiger partial charge in [0.05, 0.1) is 0 Å². The first kappa shape index (κ1) is 19.2. The van der Waals surface area contributed by atoms with Crippen LogP contribution in [0.1, 0.15) is 26.2 Å². The highest BCUT2D eigenvalue weighted by molar-refractivity contribution is 7.74. The average Bonchev–Trinajstić information content (AvgIpc) is 3.24. The summed E-state index contributed by atoms with van der Waals surface area (Å²) in [7, 11) is 2.68. The van der Waals surface area contributed by atoms with E-state index in [1.165, 1.54) is 40.8 Å². The second-order valence-corrected chi connectivity index (χ2v) is 11.8. The van der Waals surface area contributed by atoms with Gasteiger partial charge in [-0.25, -0.2) is 0 Å². The molecule has 0 bridgehead atoms. The maximum Gasteiger partial charge on any atom is -0.00943 e. The van der Waals surface area contributed by atoms with Gasteiger partial charge in [0, 0.05) is 0 Å². The van der Waals surface area contributed by atoms with Crippen LogP contribution in [0.3, 0.4) is 0 Å². The van der Waals surface area contributed by atoms with Crippen molar-refractivity contribution >= 4 is 49.3 Å². The first-order chi connectivity index (χ1) is 14.2. The van der Waals surface area contributed by atoms with Gasteiger partial charge in [0.1, 0.15) is 0 Å². The Bertz CT molecular complexity index is 1060. The summed E-state index contributed by atoms with van der Waals surface area (Å²) < 4.78 is 0. The van der Waals surface area contributed by atoms with Gasteiger partial charge in [0.15, 0.2) is 0 Å². The largest absolute Gasteiger partial charge is 0.134 e. The standard InChI is InChI=1S/C27H28P2/c1-19(28)22-15-8-18-25(22)29(26-16-6-11-20-9-2-4-13-23(20)26)27-17-7-12-21-10-3-5-14-24(21)27/h2-7,9-14,16-17,19,22,25H,8,15,18,28H2,1H3/t19-,22-,25-/m0/s1. The van der Waals surface area contributed by atoms with Gasteiger partial charge in [-0.05, 0) is 70.2 Å². The minimum Gasteiger partial charge on any atom is -0.134 e. The van der Waals surface area contributed by atoms with Gasteiger partial charge in [0.2, 0.25) is 0 Å². The van der Waals surface area contributed by atoms with Gasteiger partial charge in [-0.2, -0.15) is 0 Å². The van der Waals surface area contributed by atoms with Crippen molar-refractivity contribution in [3.05, 3.63) is 84.9 Å². The van der Waals surface area contributed by atoms with E-state index in [4.69, 9.17) is 0 Å². The van der Waals surface area contributed by atoms with Crippen LogP contribution < -0.4 is 10.6 Å². The van der Waals surface area contributed by atoms with E-state index in [9.17, 15) is 0 Å². The minimum atomic E-state index is -0.437. The third kappa shape index (κ3) is 3.52. The molecule has 146 valence electrons. The first-order valence-corrected chi connectivity index (χ1v) is 12.8. The Balaban J connectivity index is 1.78. The fourth-order valence-electron chi connectivity index (χ4n) is 5.23. The van der Waals surface area contributed by atoms with Crippen molar-refractivity contribution in [2.24, 2.45) is 5.92 Å². The lowest BCUT2D eigenvalue weighted by atomic mass is 10.0. The van der Waals surface area contributed by atoms with Gasteiger partial charge in [-0.15, -0.1) is 9.24 Å². The van der Waals surface area contributed by atoms with Gasteiger partial charge in [0.25, 0.3) is 0 Å². The zero-order valence-electron chi connectivity index (χ0n) is 17.0. The number of hydrogen-bond acceptors (Lipinski definition) is 0. The highest BCUT2D eigenvalue weighted by atomic mass is 31.1. The molecule has 4 aromatic rings. The first-order valence-electron chi connectivity index (χ1n) is 10.7. The summed E-state index contributed by atoms with van der Waals surface area (Å²) in [6.07, 6.45) is 4.08. The second-order valence-electron chi connectivity index (χ2n) is 8.39. The van der Waals surface area contributed by atoms with E-state index >= 15 is 0 Å². The van der Waals surface area contributed by atoms with Gasteiger partial charge in [-0.3, -0.25) is 0 Å². The van der Waals surface area contributed by atoms with Gasteiger partial charge in [-0.1, -0.05) is 98.3 Å². The summed E-state index contributed by atoms with van der Waals surface area (Å²) in [5.41, 5.74) is 1.41. The fourth-order valence-corrected chi connectivity index (χ4v) is 9.51. The molecule has 1 unspecified atom stereocenters. The molecule has 1 aliphatic carbocycles. The highest BCUT2D eigenvalue weighted by Gasteiger charge is 2.37. The summed E-state index contributed by atoms with van der Waals surface area (Å²) in [5.74, 6) is 0.782. The van der Waals surface area contributed by atoms with Crippen LogP contribution in [0, 0.1) is 5.92 Å². The summed E-state index contributed by atoms with van der Waals surface area (Å²) >= 11 is 0. The summed E-state index contributed by atoms with van der Waals surface area (Å²) in [6.45, 7) is 2.40. The molecule has 1 fully saturated rings. The van der Waals surface area contributed by atoms with E-state index in [1.807, 2.05) is 0 Å². The van der Waals surface area contributed by atoms with Crippen LogP contribution in [-0.2, 0) is 0 Å². The van der Waals surface area contributed by atoms with E-state index < -0.39 is 7.92 Å². The monoisotopic (exact) mass is 414 g/mol. The average molecular weight is 414 g/mol. The smallest absolute Gasteiger partial charge is 0.00943 e. The van der Waals surface area contributed by atoms with Crippen LogP contribution in [0.2, 0.25) is 0 Å². The molecule has 0 aromatic heterocycles. The lowest BCUT2D eigenvalue weighted by Crippen LogP contribution is -2.28. The zero-order chi connectivity index (χ0) is 19.8. The molecule has 0 saturated heterocycles. The Morgan fingerprint density at radius 3 is 1.79 bits per heavy atom. The molecule has 1 aliphatic rings. The Kier molecular flexibility index (Phi) is 5.43. The van der Waals surface area contributed by atoms with E-state index in [0.717, 1.165) is 11.6 Å². The third-order valence-corrected chi connectivity index (χ3v) is 10.2. The molecule has 0 N–H and O–H groups in total.